The molecule has 0 radical (unpaired) electrons. The fourth-order valence-corrected chi connectivity index (χ4v) is 2.10. The van der Waals surface area contributed by atoms with Crippen LogP contribution in [-0.2, 0) is 0 Å². The number of nitrogens with one attached hydrogen (secondary N) is 1. The average molecular weight is 320 g/mol. The molecule has 0 fully saturated rings. The number of halogens is 2. The summed E-state index contributed by atoms with van der Waals surface area (Å²) in [6, 6.07) is 2.81. The maximum Gasteiger partial charge on any atom is 0.139 e. The standard InChI is InChI=1S/C12H19BrFN3O/c1-12(18,7-17(2)3)6-16-11-5-9(14)8(13)4-10(11)15/h4-5,16,18H,6-7,15H2,1-3H3. The highest BCUT2D eigenvalue weighted by molar-refractivity contribution is 9.10. The van der Waals surface area contributed by atoms with E-state index < -0.39 is 5.60 Å². The van der Waals surface area contributed by atoms with Crippen molar-refractivity contribution in [2.45, 2.75) is 12.5 Å². The van der Waals surface area contributed by atoms with Gasteiger partial charge in [-0.3, -0.25) is 0 Å². The van der Waals surface area contributed by atoms with Crippen molar-refractivity contribution < 1.29 is 9.50 Å². The van der Waals surface area contributed by atoms with E-state index >= 15 is 0 Å². The minimum absolute atomic E-state index is 0.288. The lowest BCUT2D eigenvalue weighted by molar-refractivity contribution is 0.0460. The molecule has 0 aliphatic rings. The number of rotatable bonds is 5. The molecule has 4 nitrogen and oxygen atoms in total. The van der Waals surface area contributed by atoms with Gasteiger partial charge in [0.25, 0.3) is 0 Å². The highest BCUT2D eigenvalue weighted by Gasteiger charge is 2.21. The molecule has 1 atom stereocenters. The fraction of sp³-hybridized carbons (Fsp3) is 0.500. The summed E-state index contributed by atoms with van der Waals surface area (Å²) >= 11 is 3.06. The number of nitrogens with two attached hydrogens (primary N) is 1. The third-order valence-corrected chi connectivity index (χ3v) is 3.02. The Bertz CT molecular complexity index is 424. The second kappa shape index (κ2) is 5.86. The van der Waals surface area contributed by atoms with Crippen LogP contribution in [0.2, 0.25) is 0 Å². The molecule has 0 aromatic heterocycles. The van der Waals surface area contributed by atoms with Crippen LogP contribution >= 0.6 is 15.9 Å². The van der Waals surface area contributed by atoms with Crippen LogP contribution in [0.3, 0.4) is 0 Å². The van der Waals surface area contributed by atoms with Crippen molar-refractivity contribution in [3.05, 3.63) is 22.4 Å². The number of aliphatic hydroxyl groups is 1. The van der Waals surface area contributed by atoms with Crippen molar-refractivity contribution >= 4 is 27.3 Å². The van der Waals surface area contributed by atoms with Gasteiger partial charge in [0.05, 0.1) is 21.4 Å². The topological polar surface area (TPSA) is 61.5 Å². The number of likely N-dealkylation sites (N-methyl/N-ethyl adjacent to an activating group) is 1. The van der Waals surface area contributed by atoms with Gasteiger partial charge in [-0.2, -0.15) is 0 Å². The maximum absolute atomic E-state index is 13.4. The zero-order valence-corrected chi connectivity index (χ0v) is 12.4. The molecular weight excluding hydrogens is 301 g/mol. The number of hydrogen-bond donors (Lipinski definition) is 3. The lowest BCUT2D eigenvalue weighted by Gasteiger charge is -2.27. The van der Waals surface area contributed by atoms with E-state index in [1.165, 1.54) is 12.1 Å². The van der Waals surface area contributed by atoms with Gasteiger partial charge in [-0.25, -0.2) is 4.39 Å². The van der Waals surface area contributed by atoms with E-state index in [-0.39, 0.29) is 12.4 Å². The lowest BCUT2D eigenvalue weighted by Crippen LogP contribution is -2.43. The van der Waals surface area contributed by atoms with Crippen LogP contribution in [0.4, 0.5) is 15.8 Å². The van der Waals surface area contributed by atoms with Gasteiger partial charge in [0.2, 0.25) is 0 Å². The third kappa shape index (κ3) is 4.44. The lowest BCUT2D eigenvalue weighted by atomic mass is 10.1. The summed E-state index contributed by atoms with van der Waals surface area (Å²) in [5.74, 6) is -0.390. The molecule has 6 heteroatoms. The number of hydrogen-bond acceptors (Lipinski definition) is 4. The predicted octanol–water partition coefficient (Wildman–Crippen LogP) is 1.89. The number of anilines is 2. The summed E-state index contributed by atoms with van der Waals surface area (Å²) in [4.78, 5) is 1.88. The van der Waals surface area contributed by atoms with Crippen LogP contribution in [0.25, 0.3) is 0 Å². The molecule has 0 saturated carbocycles. The maximum atomic E-state index is 13.4. The summed E-state index contributed by atoms with van der Waals surface area (Å²) < 4.78 is 13.7. The van der Waals surface area contributed by atoms with E-state index in [0.29, 0.717) is 22.4 Å². The van der Waals surface area contributed by atoms with Crippen LogP contribution in [0.5, 0.6) is 0 Å². The van der Waals surface area contributed by atoms with E-state index in [9.17, 15) is 9.50 Å². The molecule has 1 rings (SSSR count). The second-order valence-electron chi connectivity index (χ2n) is 4.94. The smallest absolute Gasteiger partial charge is 0.139 e. The van der Waals surface area contributed by atoms with E-state index in [2.05, 4.69) is 21.2 Å². The molecular formula is C12H19BrFN3O. The van der Waals surface area contributed by atoms with Crippen LogP contribution in [0, 0.1) is 5.82 Å². The molecule has 0 bridgehead atoms. The molecule has 1 aromatic rings. The summed E-state index contributed by atoms with van der Waals surface area (Å²) in [5.41, 5.74) is 5.77. The minimum atomic E-state index is -0.917. The average Bonchev–Trinajstić information content (AvgIpc) is 2.19. The summed E-state index contributed by atoms with van der Waals surface area (Å²) in [6.45, 7) is 2.50. The molecule has 0 amide bonds. The monoisotopic (exact) mass is 319 g/mol. The van der Waals surface area contributed by atoms with Gasteiger partial charge in [0.1, 0.15) is 5.82 Å². The van der Waals surface area contributed by atoms with Crippen molar-refractivity contribution in [1.82, 2.24) is 4.90 Å². The van der Waals surface area contributed by atoms with Crippen molar-refractivity contribution in [2.75, 3.05) is 38.2 Å². The molecule has 102 valence electrons. The molecule has 18 heavy (non-hydrogen) atoms. The van der Waals surface area contributed by atoms with Gasteiger partial charge >= 0.3 is 0 Å². The highest BCUT2D eigenvalue weighted by Crippen LogP contribution is 2.26. The Morgan fingerprint density at radius 2 is 2.11 bits per heavy atom. The number of nitrogen functional groups attached to an aromatic ring is 1. The summed E-state index contributed by atoms with van der Waals surface area (Å²) in [5, 5.41) is 13.1. The Hall–Kier alpha value is -0.850. The molecule has 0 aliphatic carbocycles. The quantitative estimate of drug-likeness (QED) is 0.725. The third-order valence-electron chi connectivity index (χ3n) is 2.41. The minimum Gasteiger partial charge on any atom is -0.397 e. The first kappa shape index (κ1) is 15.2. The van der Waals surface area contributed by atoms with E-state index in [1.807, 2.05) is 19.0 Å². The van der Waals surface area contributed by atoms with Crippen LogP contribution in [-0.4, -0.2) is 42.8 Å². The largest absolute Gasteiger partial charge is 0.397 e. The molecule has 0 saturated heterocycles. The number of nitrogens with zero attached hydrogens (tertiary/aromatic N) is 1. The first-order chi connectivity index (χ1) is 8.21. The van der Waals surface area contributed by atoms with Gasteiger partial charge in [0, 0.05) is 19.2 Å². The molecule has 4 N–H and O–H groups in total. The highest BCUT2D eigenvalue weighted by atomic mass is 79.9. The molecule has 0 spiro atoms. The predicted molar refractivity (Wildman–Crippen MR) is 76.2 cm³/mol. The van der Waals surface area contributed by atoms with Crippen molar-refractivity contribution in [1.29, 1.82) is 0 Å². The van der Waals surface area contributed by atoms with E-state index in [4.69, 9.17) is 5.73 Å². The number of benzene rings is 1. The van der Waals surface area contributed by atoms with Crippen molar-refractivity contribution in [2.24, 2.45) is 0 Å². The Labute approximate surface area is 115 Å². The van der Waals surface area contributed by atoms with Gasteiger partial charge in [0.15, 0.2) is 0 Å². The van der Waals surface area contributed by atoms with Crippen LogP contribution in [0.1, 0.15) is 6.92 Å². The zero-order valence-electron chi connectivity index (χ0n) is 10.8. The molecule has 1 unspecified atom stereocenters. The SMILES string of the molecule is CN(C)CC(C)(O)CNc1cc(F)c(Br)cc1N. The fourth-order valence-electron chi connectivity index (χ4n) is 1.74. The van der Waals surface area contributed by atoms with Gasteiger partial charge in [-0.05, 0) is 43.0 Å². The van der Waals surface area contributed by atoms with Crippen LogP contribution in [0.15, 0.2) is 16.6 Å². The van der Waals surface area contributed by atoms with E-state index in [1.54, 1.807) is 6.92 Å². The first-order valence-electron chi connectivity index (χ1n) is 5.57. The molecule has 1 aromatic carbocycles. The second-order valence-corrected chi connectivity index (χ2v) is 5.80. The van der Waals surface area contributed by atoms with E-state index in [0.717, 1.165) is 0 Å². The zero-order chi connectivity index (χ0) is 13.9. The summed E-state index contributed by atoms with van der Waals surface area (Å²) in [6.07, 6.45) is 0. The first-order valence-corrected chi connectivity index (χ1v) is 6.36. The molecule has 0 heterocycles. The summed E-state index contributed by atoms with van der Waals surface area (Å²) in [7, 11) is 3.75. The Morgan fingerprint density at radius 3 is 2.67 bits per heavy atom. The van der Waals surface area contributed by atoms with Crippen molar-refractivity contribution in [3.63, 3.8) is 0 Å². The van der Waals surface area contributed by atoms with Gasteiger partial charge in [-0.15, -0.1) is 0 Å². The molecule has 0 aliphatic heterocycles. The normalized spacial score (nSPS) is 14.6. The Morgan fingerprint density at radius 1 is 1.50 bits per heavy atom. The van der Waals surface area contributed by atoms with Crippen molar-refractivity contribution in [3.8, 4) is 0 Å². The van der Waals surface area contributed by atoms with Crippen LogP contribution < -0.4 is 11.1 Å². The Kier molecular flexibility index (Phi) is 4.95. The van der Waals surface area contributed by atoms with Gasteiger partial charge in [-0.1, -0.05) is 0 Å². The Balaban J connectivity index is 2.72. The van der Waals surface area contributed by atoms with Gasteiger partial charge < -0.3 is 21.1 Å².